The molecule has 3 aromatic heterocycles. The lowest BCUT2D eigenvalue weighted by molar-refractivity contribution is -0.137. The Bertz CT molecular complexity index is 3700. The van der Waals surface area contributed by atoms with Gasteiger partial charge in [0, 0.05) is 22.4 Å². The van der Waals surface area contributed by atoms with E-state index < -0.39 is 105 Å². The number of carboxylic acids is 1. The van der Waals surface area contributed by atoms with Gasteiger partial charge in [0.05, 0.1) is 50.0 Å². The van der Waals surface area contributed by atoms with Gasteiger partial charge in [-0.25, -0.2) is 55.3 Å². The van der Waals surface area contributed by atoms with E-state index in [1.54, 1.807) is 35.2 Å². The average Bonchev–Trinajstić information content (AvgIpc) is 2.20. The normalized spacial score (nSPS) is 13.3. The zero-order valence-corrected chi connectivity index (χ0v) is 47.4. The van der Waals surface area contributed by atoms with Gasteiger partial charge in [-0.2, -0.15) is 45.9 Å². The second kappa shape index (κ2) is 28.9. The number of pyridine rings is 1. The molecule has 0 radical (unpaired) electrons. The minimum absolute atomic E-state index is 0.0612. The Morgan fingerprint density at radius 2 is 1.21 bits per heavy atom. The number of aromatic carboxylic acids is 1. The number of carbonyl (C=O) groups is 6. The molecule has 37 heteroatoms. The molecule has 1 aliphatic carbocycles. The maximum Gasteiger partial charge on any atom is 0.388 e. The van der Waals surface area contributed by atoms with Crippen molar-refractivity contribution in [3.8, 4) is 23.5 Å². The van der Waals surface area contributed by atoms with Crippen LogP contribution in [0.2, 0.25) is 5.02 Å². The van der Waals surface area contributed by atoms with Crippen LogP contribution in [0.15, 0.2) is 104 Å². The van der Waals surface area contributed by atoms with Crippen molar-refractivity contribution < 1.29 is 100 Å². The molecule has 7 rings (SSSR count). The summed E-state index contributed by atoms with van der Waals surface area (Å²) in [5, 5.41) is 12.2. The Balaban J connectivity index is 0.000000231. The third-order valence-corrected chi connectivity index (χ3v) is 15.8. The third-order valence-electron chi connectivity index (χ3n) is 10.6. The lowest BCUT2D eigenvalue weighted by atomic mass is 9.93. The monoisotopic (exact) mass is 1280 g/mol. The number of ether oxygens (including phenoxy) is 5. The number of alkyl halides is 4. The molecule has 6 amide bonds. The van der Waals surface area contributed by atoms with Crippen LogP contribution in [0.1, 0.15) is 55.5 Å². The Morgan fingerprint density at radius 1 is 0.714 bits per heavy atom. The molecule has 5 aromatic rings. The molecule has 2 aromatic carbocycles. The van der Waals surface area contributed by atoms with E-state index in [1.807, 2.05) is 0 Å². The van der Waals surface area contributed by atoms with Crippen LogP contribution in [-0.2, 0) is 49.0 Å². The summed E-state index contributed by atoms with van der Waals surface area (Å²) in [4.78, 5) is 89.8. The summed E-state index contributed by atoms with van der Waals surface area (Å²) in [6.07, 6.45) is 5.54. The summed E-state index contributed by atoms with van der Waals surface area (Å²) in [7, 11) is -10.6. The highest BCUT2D eigenvalue weighted by Gasteiger charge is 2.40. The predicted octanol–water partition coefficient (Wildman–Crippen LogP) is 6.31. The number of urea groups is 2. The first-order valence-electron chi connectivity index (χ1n) is 23.4. The SMILES string of the molecule is CCOC(=O)/C(Cl)=C/c1cc(N2C(=O)C3=C(CCCC3)C2=O)ccc1Cl.CCS(=O)(=O)c1cccnc1S(=O)(=O)NC(=O)Nc1nc(OC)cc(OC)n1.O=C(Nc1nc(OC(F)F)cc(OC(F)F)n1)NS(=O)(=O)c1ccccc1C(=O)O. The molecule has 0 atom stereocenters. The summed E-state index contributed by atoms with van der Waals surface area (Å²) >= 11 is 12.1. The lowest BCUT2D eigenvalue weighted by Gasteiger charge is -2.16. The van der Waals surface area contributed by atoms with Gasteiger partial charge in [0.1, 0.15) is 14.8 Å². The Labute approximate surface area is 483 Å². The minimum Gasteiger partial charge on any atom is -0.481 e. The van der Waals surface area contributed by atoms with Crippen LogP contribution in [0.25, 0.3) is 6.08 Å². The van der Waals surface area contributed by atoms with Crippen molar-refractivity contribution in [3.05, 3.63) is 105 Å². The highest BCUT2D eigenvalue weighted by atomic mass is 35.5. The van der Waals surface area contributed by atoms with Crippen LogP contribution in [0, 0.1) is 0 Å². The number of amides is 6. The lowest BCUT2D eigenvalue weighted by Crippen LogP contribution is -2.36. The largest absolute Gasteiger partial charge is 0.481 e. The van der Waals surface area contributed by atoms with Crippen LogP contribution in [0.4, 0.5) is 44.7 Å². The van der Waals surface area contributed by atoms with Gasteiger partial charge in [0.25, 0.3) is 31.9 Å². The molecule has 0 unspecified atom stereocenters. The molecular weight excluding hydrogens is 1240 g/mol. The number of esters is 1. The van der Waals surface area contributed by atoms with Crippen molar-refractivity contribution in [1.82, 2.24) is 34.4 Å². The molecule has 28 nitrogen and oxygen atoms in total. The predicted molar refractivity (Wildman–Crippen MR) is 284 cm³/mol. The van der Waals surface area contributed by atoms with Gasteiger partial charge in [0.2, 0.25) is 35.4 Å². The topological polar surface area (TPSA) is 387 Å². The molecule has 5 N–H and O–H groups in total. The molecule has 1 aliphatic heterocycles. The van der Waals surface area contributed by atoms with E-state index in [1.165, 1.54) is 61.1 Å². The summed E-state index contributed by atoms with van der Waals surface area (Å²) in [5.41, 5.74) is 1.40. The van der Waals surface area contributed by atoms with Gasteiger partial charge in [-0.1, -0.05) is 42.3 Å². The maximum atomic E-state index is 12.7. The van der Waals surface area contributed by atoms with Gasteiger partial charge < -0.3 is 28.8 Å². The van der Waals surface area contributed by atoms with Crippen LogP contribution >= 0.6 is 23.2 Å². The van der Waals surface area contributed by atoms with Crippen molar-refractivity contribution >= 4 is 113 Å². The zero-order valence-electron chi connectivity index (χ0n) is 43.5. The number of sulfonamides is 2. The number of carboxylic acid groups (broad SMARTS) is 1. The zero-order chi connectivity index (χ0) is 62.3. The number of rotatable bonds is 19. The average molecular weight is 1280 g/mol. The van der Waals surface area contributed by atoms with Gasteiger partial charge in [-0.05, 0) is 86.7 Å². The first-order valence-corrected chi connectivity index (χ1v) is 28.8. The fourth-order valence-corrected chi connectivity index (χ4v) is 11.0. The number of imide groups is 1. The Morgan fingerprint density at radius 3 is 1.71 bits per heavy atom. The number of benzene rings is 2. The molecule has 0 fully saturated rings. The second-order valence-electron chi connectivity index (χ2n) is 16.1. The molecule has 84 heavy (non-hydrogen) atoms. The number of hydrogen-bond acceptors (Lipinski definition) is 22. The number of nitrogens with one attached hydrogen (secondary N) is 4. The van der Waals surface area contributed by atoms with Gasteiger partial charge >= 0.3 is 37.2 Å². The highest BCUT2D eigenvalue weighted by molar-refractivity contribution is 7.93. The van der Waals surface area contributed by atoms with Crippen LogP contribution in [0.3, 0.4) is 0 Å². The van der Waals surface area contributed by atoms with E-state index >= 15 is 0 Å². The quantitative estimate of drug-likeness (QED) is 0.0262. The first-order chi connectivity index (χ1) is 39.5. The van der Waals surface area contributed by atoms with Gasteiger partial charge in [0.15, 0.2) is 14.9 Å². The summed E-state index contributed by atoms with van der Waals surface area (Å²) in [6.45, 7) is -3.59. The maximum absolute atomic E-state index is 12.7. The van der Waals surface area contributed by atoms with Crippen molar-refractivity contribution in [1.29, 1.82) is 0 Å². The molecule has 450 valence electrons. The van der Waals surface area contributed by atoms with E-state index in [0.29, 0.717) is 46.3 Å². The fourth-order valence-electron chi connectivity index (χ4n) is 7.03. The highest BCUT2D eigenvalue weighted by Crippen LogP contribution is 2.37. The number of sulfone groups is 1. The number of anilines is 3. The summed E-state index contributed by atoms with van der Waals surface area (Å²) in [5.74, 6) is -6.20. The van der Waals surface area contributed by atoms with Crippen molar-refractivity contribution in [2.24, 2.45) is 0 Å². The third kappa shape index (κ3) is 17.6. The van der Waals surface area contributed by atoms with E-state index in [4.69, 9.17) is 42.5 Å². The number of nitrogens with zero attached hydrogens (tertiary/aromatic N) is 6. The summed E-state index contributed by atoms with van der Waals surface area (Å²) < 4.78 is 149. The van der Waals surface area contributed by atoms with Crippen molar-refractivity contribution in [2.45, 2.75) is 67.6 Å². The number of aromatic nitrogens is 5. The van der Waals surface area contributed by atoms with Crippen LogP contribution < -0.4 is 43.9 Å². The molecule has 0 bridgehead atoms. The van der Waals surface area contributed by atoms with E-state index in [9.17, 15) is 71.6 Å². The fraction of sp³-hybridized carbons (Fsp3) is 0.255. The van der Waals surface area contributed by atoms with E-state index in [0.717, 1.165) is 37.2 Å². The standard InChI is InChI=1S/C19H17Cl2NO4.C14H10F4N4O7S.C14H17N5O7S2/c1-2-26-19(25)16(21)10-11-9-12(7-8-15(11)20)22-17(23)13-5-3-4-6-14(13)18(22)24;15-11(16)28-8-5-9(29-12(17)18)20-13(19-8)21-14(25)22-30(26,27)7-4-2-1-3-6(7)10(23)24;1-4-27(21,22)9-6-5-7-15-12(9)28(23,24)19-14(20)18-13-16-10(25-2)8-11(17-13)26-3/h7-10H,2-6H2,1H3;1-5,11-12H,(H,23,24)(H2,19,20,21,22,25);5-8H,4H2,1-3H3,(H2,16,17,18,19,20)/b16-10-;;. The number of carbonyl (C=O) groups excluding carboxylic acids is 5. The van der Waals surface area contributed by atoms with Crippen LogP contribution in [-0.4, -0.2) is 131 Å². The molecule has 0 saturated carbocycles. The molecule has 0 saturated heterocycles. The van der Waals surface area contributed by atoms with Gasteiger partial charge in [-0.3, -0.25) is 20.2 Å². The number of halogens is 6. The Hall–Kier alpha value is -8.80. The second-order valence-corrected chi connectivity index (χ2v) is 22.4. The van der Waals surface area contributed by atoms with E-state index in [-0.39, 0.29) is 46.9 Å². The van der Waals surface area contributed by atoms with E-state index in [2.05, 4.69) is 39.7 Å². The number of hydrogen-bond donors (Lipinski definition) is 5. The van der Waals surface area contributed by atoms with Gasteiger partial charge in [-0.15, -0.1) is 0 Å². The van der Waals surface area contributed by atoms with Crippen molar-refractivity contribution in [2.75, 3.05) is 42.1 Å². The van der Waals surface area contributed by atoms with Crippen molar-refractivity contribution in [3.63, 3.8) is 0 Å². The first kappa shape index (κ1) is 66.0. The Kier molecular flexibility index (Phi) is 22.7. The van der Waals surface area contributed by atoms with Crippen LogP contribution in [0.5, 0.6) is 23.5 Å². The molecule has 2 aliphatic rings. The molecule has 0 spiro atoms. The molecular formula is C47H44Cl2F4N10O18S3. The smallest absolute Gasteiger partial charge is 0.388 e. The summed E-state index contributed by atoms with van der Waals surface area (Å²) in [6, 6.07) is 10.4. The minimum atomic E-state index is -4.71. The number of methoxy groups -OCH3 is 2. The molecule has 4 heterocycles.